The van der Waals surface area contributed by atoms with E-state index in [0.29, 0.717) is 6.04 Å². The molecule has 16 heavy (non-hydrogen) atoms. The first kappa shape index (κ1) is 13.3. The van der Waals surface area contributed by atoms with Gasteiger partial charge in [-0.15, -0.1) is 0 Å². The summed E-state index contributed by atoms with van der Waals surface area (Å²) < 4.78 is 0. The van der Waals surface area contributed by atoms with Crippen LogP contribution in [0.2, 0.25) is 0 Å². The zero-order valence-corrected chi connectivity index (χ0v) is 11.2. The van der Waals surface area contributed by atoms with Gasteiger partial charge in [0.25, 0.3) is 0 Å². The zero-order valence-electron chi connectivity index (χ0n) is 10.3. The molecule has 2 atom stereocenters. The second-order valence-corrected chi connectivity index (χ2v) is 4.95. The summed E-state index contributed by atoms with van der Waals surface area (Å²) >= 11 is 1.83. The lowest BCUT2D eigenvalue weighted by atomic mass is 10.2. The van der Waals surface area contributed by atoms with Crippen LogP contribution in [-0.2, 0) is 0 Å². The summed E-state index contributed by atoms with van der Waals surface area (Å²) in [5.74, 6) is 2.03. The van der Waals surface area contributed by atoms with Crippen molar-refractivity contribution in [3.8, 4) is 0 Å². The Morgan fingerprint density at radius 3 is 2.56 bits per heavy atom. The quantitative estimate of drug-likeness (QED) is 0.857. The van der Waals surface area contributed by atoms with Crippen molar-refractivity contribution >= 4 is 17.6 Å². The van der Waals surface area contributed by atoms with Gasteiger partial charge < -0.3 is 10.0 Å². The number of hydrogen-bond acceptors (Lipinski definition) is 4. The van der Waals surface area contributed by atoms with Gasteiger partial charge in [0.05, 0.1) is 6.10 Å². The molecule has 1 aromatic rings. The standard InChI is InChI=1S/C12H20N2OS/c1-9(8-16-4)14(3)12-6-5-11(7-13-12)10(2)15/h5-7,9-10,15H,8H2,1-4H3. The van der Waals surface area contributed by atoms with Crippen LogP contribution in [-0.4, -0.2) is 35.2 Å². The second-order valence-electron chi connectivity index (χ2n) is 4.04. The maximum atomic E-state index is 9.39. The van der Waals surface area contributed by atoms with Gasteiger partial charge in [-0.25, -0.2) is 4.98 Å². The van der Waals surface area contributed by atoms with E-state index in [2.05, 4.69) is 23.1 Å². The summed E-state index contributed by atoms with van der Waals surface area (Å²) in [5, 5.41) is 9.39. The van der Waals surface area contributed by atoms with Crippen LogP contribution in [0.5, 0.6) is 0 Å². The summed E-state index contributed by atoms with van der Waals surface area (Å²) in [5.41, 5.74) is 0.856. The summed E-state index contributed by atoms with van der Waals surface area (Å²) in [6.07, 6.45) is 3.40. The van der Waals surface area contributed by atoms with Crippen molar-refractivity contribution in [2.24, 2.45) is 0 Å². The molecular weight excluding hydrogens is 220 g/mol. The maximum absolute atomic E-state index is 9.39. The van der Waals surface area contributed by atoms with Gasteiger partial charge in [-0.05, 0) is 31.7 Å². The van der Waals surface area contributed by atoms with Gasteiger partial charge in [-0.1, -0.05) is 6.07 Å². The zero-order chi connectivity index (χ0) is 12.1. The highest BCUT2D eigenvalue weighted by molar-refractivity contribution is 7.98. The normalized spacial score (nSPS) is 14.6. The average molecular weight is 240 g/mol. The number of hydrogen-bond donors (Lipinski definition) is 1. The lowest BCUT2D eigenvalue weighted by Crippen LogP contribution is -2.31. The summed E-state index contributed by atoms with van der Waals surface area (Å²) in [6.45, 7) is 3.93. The van der Waals surface area contributed by atoms with Crippen LogP contribution < -0.4 is 4.90 Å². The number of thioether (sulfide) groups is 1. The maximum Gasteiger partial charge on any atom is 0.128 e. The first-order valence-electron chi connectivity index (χ1n) is 5.42. The Labute approximate surface area is 102 Å². The number of anilines is 1. The second kappa shape index (κ2) is 6.11. The molecule has 1 N–H and O–H groups in total. The van der Waals surface area contributed by atoms with E-state index in [-0.39, 0.29) is 0 Å². The fourth-order valence-electron chi connectivity index (χ4n) is 1.43. The van der Waals surface area contributed by atoms with E-state index in [9.17, 15) is 5.11 Å². The molecule has 0 aromatic carbocycles. The highest BCUT2D eigenvalue weighted by Gasteiger charge is 2.10. The van der Waals surface area contributed by atoms with Gasteiger partial charge >= 0.3 is 0 Å². The lowest BCUT2D eigenvalue weighted by Gasteiger charge is -2.25. The molecule has 0 spiro atoms. The highest BCUT2D eigenvalue weighted by atomic mass is 32.2. The largest absolute Gasteiger partial charge is 0.389 e. The van der Waals surface area contributed by atoms with Crippen molar-refractivity contribution in [1.82, 2.24) is 4.98 Å². The average Bonchev–Trinajstić information content (AvgIpc) is 2.28. The number of aromatic nitrogens is 1. The molecule has 0 saturated heterocycles. The van der Waals surface area contributed by atoms with E-state index in [0.717, 1.165) is 17.1 Å². The molecule has 2 unspecified atom stereocenters. The minimum absolute atomic E-state index is 0.449. The van der Waals surface area contributed by atoms with Crippen molar-refractivity contribution < 1.29 is 5.11 Å². The van der Waals surface area contributed by atoms with E-state index in [1.54, 1.807) is 13.1 Å². The summed E-state index contributed by atoms with van der Waals surface area (Å²) in [4.78, 5) is 6.51. The van der Waals surface area contributed by atoms with Crippen LogP contribution in [0.3, 0.4) is 0 Å². The first-order valence-corrected chi connectivity index (χ1v) is 6.81. The van der Waals surface area contributed by atoms with Gasteiger partial charge in [0.1, 0.15) is 5.82 Å². The van der Waals surface area contributed by atoms with E-state index in [4.69, 9.17) is 0 Å². The highest BCUT2D eigenvalue weighted by Crippen LogP contribution is 2.17. The van der Waals surface area contributed by atoms with Crippen molar-refractivity contribution in [2.75, 3.05) is 24.0 Å². The molecule has 90 valence electrons. The monoisotopic (exact) mass is 240 g/mol. The number of pyridine rings is 1. The van der Waals surface area contributed by atoms with Crippen LogP contribution in [0.25, 0.3) is 0 Å². The van der Waals surface area contributed by atoms with Gasteiger partial charge in [-0.3, -0.25) is 0 Å². The fourth-order valence-corrected chi connectivity index (χ4v) is 2.14. The van der Waals surface area contributed by atoms with Crippen LogP contribution in [0.15, 0.2) is 18.3 Å². The molecule has 1 rings (SSSR count). The molecule has 1 aromatic heterocycles. The first-order chi connectivity index (χ1) is 7.56. The van der Waals surface area contributed by atoms with Crippen LogP contribution >= 0.6 is 11.8 Å². The Balaban J connectivity index is 2.73. The third kappa shape index (κ3) is 3.39. The minimum atomic E-state index is -0.449. The van der Waals surface area contributed by atoms with Crippen LogP contribution in [0, 0.1) is 0 Å². The lowest BCUT2D eigenvalue weighted by molar-refractivity contribution is 0.199. The number of aliphatic hydroxyl groups is 1. The smallest absolute Gasteiger partial charge is 0.128 e. The van der Waals surface area contributed by atoms with Crippen molar-refractivity contribution in [3.05, 3.63) is 23.9 Å². The summed E-state index contributed by atoms with van der Waals surface area (Å²) in [7, 11) is 2.05. The van der Waals surface area contributed by atoms with Crippen molar-refractivity contribution in [1.29, 1.82) is 0 Å². The third-order valence-electron chi connectivity index (χ3n) is 2.68. The topological polar surface area (TPSA) is 36.4 Å². The van der Waals surface area contributed by atoms with E-state index in [1.165, 1.54) is 0 Å². The van der Waals surface area contributed by atoms with Gasteiger partial charge in [0, 0.05) is 25.0 Å². The molecule has 0 radical (unpaired) electrons. The summed E-state index contributed by atoms with van der Waals surface area (Å²) in [6, 6.07) is 4.34. The molecule has 1 heterocycles. The molecule has 3 nitrogen and oxygen atoms in total. The molecule has 0 amide bonds. The molecule has 0 saturated carbocycles. The van der Waals surface area contributed by atoms with Crippen LogP contribution in [0.4, 0.5) is 5.82 Å². The number of aliphatic hydroxyl groups excluding tert-OH is 1. The van der Waals surface area contributed by atoms with E-state index in [1.807, 2.05) is 30.9 Å². The van der Waals surface area contributed by atoms with Crippen molar-refractivity contribution in [2.45, 2.75) is 26.0 Å². The number of rotatable bonds is 5. The Hall–Kier alpha value is -0.740. The molecule has 4 heteroatoms. The Morgan fingerprint density at radius 2 is 2.12 bits per heavy atom. The molecule has 0 bridgehead atoms. The molecular formula is C12H20N2OS. The van der Waals surface area contributed by atoms with Gasteiger partial charge in [-0.2, -0.15) is 11.8 Å². The van der Waals surface area contributed by atoms with E-state index >= 15 is 0 Å². The van der Waals surface area contributed by atoms with E-state index < -0.39 is 6.10 Å². The van der Waals surface area contributed by atoms with Crippen LogP contribution in [0.1, 0.15) is 25.5 Å². The number of nitrogens with zero attached hydrogens (tertiary/aromatic N) is 2. The molecule has 0 aliphatic carbocycles. The van der Waals surface area contributed by atoms with Gasteiger partial charge in [0.2, 0.25) is 0 Å². The Morgan fingerprint density at radius 1 is 1.44 bits per heavy atom. The minimum Gasteiger partial charge on any atom is -0.389 e. The molecule has 0 aliphatic heterocycles. The van der Waals surface area contributed by atoms with Gasteiger partial charge in [0.15, 0.2) is 0 Å². The Bertz CT molecular complexity index is 313. The predicted molar refractivity (Wildman–Crippen MR) is 71.1 cm³/mol. The molecule has 0 aliphatic rings. The molecule has 0 fully saturated rings. The fraction of sp³-hybridized carbons (Fsp3) is 0.583. The SMILES string of the molecule is CSCC(C)N(C)c1ccc(C(C)O)cn1. The van der Waals surface area contributed by atoms with Crippen molar-refractivity contribution in [3.63, 3.8) is 0 Å². The Kier molecular flexibility index (Phi) is 5.09. The third-order valence-corrected chi connectivity index (χ3v) is 3.50. The predicted octanol–water partition coefficient (Wildman–Crippen LogP) is 2.32.